The van der Waals surface area contributed by atoms with E-state index in [1.54, 1.807) is 0 Å². The fraction of sp³-hybridized carbons (Fsp3) is 1.00. The maximum Gasteiger partial charge on any atom is 0.162 e. The average Bonchev–Trinajstić information content (AvgIpc) is 2.30. The molecule has 5 nitrogen and oxygen atoms in total. The lowest BCUT2D eigenvalue weighted by Gasteiger charge is -2.32. The van der Waals surface area contributed by atoms with Crippen molar-refractivity contribution in [3.8, 4) is 0 Å². The Morgan fingerprint density at radius 2 is 1.50 bits per heavy atom. The third-order valence-corrected chi connectivity index (χ3v) is 5.69. The van der Waals surface area contributed by atoms with Crippen LogP contribution in [0.1, 0.15) is 0 Å². The van der Waals surface area contributed by atoms with Gasteiger partial charge >= 0.3 is 0 Å². The Bertz CT molecular complexity index is 158. The first kappa shape index (κ1) is 11.3. The zero-order chi connectivity index (χ0) is 9.80. The summed E-state index contributed by atoms with van der Waals surface area (Å²) in [4.78, 5) is 0. The second-order valence-electron chi connectivity index (χ2n) is 2.65. The topological polar surface area (TPSA) is 48.0 Å². The van der Waals surface area contributed by atoms with Gasteiger partial charge in [-0.25, -0.2) is 0 Å². The molecule has 2 fully saturated rings. The molecule has 0 N–H and O–H groups in total. The Morgan fingerprint density at radius 3 is 1.86 bits per heavy atom. The van der Waals surface area contributed by atoms with Crippen LogP contribution < -0.4 is 0 Å². The van der Waals surface area contributed by atoms with Gasteiger partial charge in [0, 0.05) is 23.9 Å². The third-order valence-electron chi connectivity index (χ3n) is 1.74. The molecule has 0 aromatic carbocycles. The Labute approximate surface area is 95.2 Å². The van der Waals surface area contributed by atoms with Crippen molar-refractivity contribution in [3.05, 3.63) is 0 Å². The van der Waals surface area contributed by atoms with E-state index in [-0.39, 0.29) is 0 Å². The molecule has 0 amide bonds. The van der Waals surface area contributed by atoms with Gasteiger partial charge in [0.25, 0.3) is 0 Å². The zero-order valence-electron chi connectivity index (χ0n) is 7.59. The van der Waals surface area contributed by atoms with Gasteiger partial charge in [0.1, 0.15) is 11.9 Å². The van der Waals surface area contributed by atoms with Crippen molar-refractivity contribution in [2.45, 2.75) is 0 Å². The number of nitrogens with zero attached hydrogens (tertiary/aromatic N) is 2. The summed E-state index contributed by atoms with van der Waals surface area (Å²) in [5.74, 6) is 1.20. The van der Waals surface area contributed by atoms with Crippen molar-refractivity contribution >= 4 is 35.4 Å². The summed E-state index contributed by atoms with van der Waals surface area (Å²) in [5, 5.41) is 0. The fourth-order valence-electron chi connectivity index (χ4n) is 1.07. The highest BCUT2D eigenvalue weighted by Gasteiger charge is 2.32. The summed E-state index contributed by atoms with van der Waals surface area (Å²) in [6.07, 6.45) is 0. The highest BCUT2D eigenvalue weighted by atomic mass is 32.3. The standard InChI is InChI=1S/C6H12N2O3S3/c9-14(7-1-3-10-5-12-7)8-2-4-11-6-13-8/h1-6H2. The van der Waals surface area contributed by atoms with Crippen LogP contribution in [0, 0.1) is 0 Å². The van der Waals surface area contributed by atoms with Crippen LogP contribution in [0.25, 0.3) is 0 Å². The first-order valence-corrected chi connectivity index (χ1v) is 7.21. The van der Waals surface area contributed by atoms with Crippen molar-refractivity contribution in [1.29, 1.82) is 0 Å². The van der Waals surface area contributed by atoms with Crippen LogP contribution in [0.15, 0.2) is 0 Å². The van der Waals surface area contributed by atoms with Gasteiger partial charge in [0.2, 0.25) is 0 Å². The van der Waals surface area contributed by atoms with Gasteiger partial charge in [0.15, 0.2) is 11.5 Å². The predicted octanol–water partition coefficient (Wildman–Crippen LogP) is 0.441. The minimum atomic E-state index is -1.06. The van der Waals surface area contributed by atoms with E-state index in [2.05, 4.69) is 0 Å². The Balaban J connectivity index is 1.82. The number of ether oxygens (including phenoxy) is 2. The van der Waals surface area contributed by atoms with Crippen LogP contribution in [0.5, 0.6) is 0 Å². The largest absolute Gasteiger partial charge is 0.577 e. The molecule has 2 heterocycles. The van der Waals surface area contributed by atoms with Gasteiger partial charge < -0.3 is 14.0 Å². The van der Waals surface area contributed by atoms with Crippen molar-refractivity contribution < 1.29 is 14.0 Å². The summed E-state index contributed by atoms with van der Waals surface area (Å²) in [7, 11) is 0. The molecule has 2 aliphatic rings. The van der Waals surface area contributed by atoms with E-state index in [0.717, 1.165) is 13.1 Å². The highest BCUT2D eigenvalue weighted by Crippen LogP contribution is 2.27. The monoisotopic (exact) mass is 256 g/mol. The molecule has 0 aromatic rings. The zero-order valence-corrected chi connectivity index (χ0v) is 10.0. The molecule has 82 valence electrons. The van der Waals surface area contributed by atoms with E-state index in [0.29, 0.717) is 25.1 Å². The lowest BCUT2D eigenvalue weighted by molar-refractivity contribution is 0.156. The second kappa shape index (κ2) is 5.80. The third kappa shape index (κ3) is 2.92. The van der Waals surface area contributed by atoms with E-state index in [1.807, 2.05) is 7.42 Å². The summed E-state index contributed by atoms with van der Waals surface area (Å²) < 4.78 is 26.0. The molecule has 0 spiro atoms. The molecule has 2 saturated heterocycles. The number of hydrogen-bond donors (Lipinski definition) is 0. The molecule has 0 atom stereocenters. The quantitative estimate of drug-likeness (QED) is 0.525. The van der Waals surface area contributed by atoms with Crippen LogP contribution in [0.4, 0.5) is 0 Å². The highest BCUT2D eigenvalue weighted by molar-refractivity contribution is 8.13. The van der Waals surface area contributed by atoms with Crippen LogP contribution in [0.3, 0.4) is 0 Å². The fourth-order valence-corrected chi connectivity index (χ4v) is 4.35. The first-order valence-electron chi connectivity index (χ1n) is 4.26. The first-order chi connectivity index (χ1) is 6.88. The lowest BCUT2D eigenvalue weighted by Crippen LogP contribution is -2.43. The molecule has 0 unspecified atom stereocenters. The summed E-state index contributed by atoms with van der Waals surface area (Å²) in [6, 6.07) is 0. The minimum absolute atomic E-state index is 0.598. The van der Waals surface area contributed by atoms with Crippen molar-refractivity contribution in [3.63, 3.8) is 0 Å². The Kier molecular flexibility index (Phi) is 4.70. The van der Waals surface area contributed by atoms with Gasteiger partial charge in [-0.1, -0.05) is 0 Å². The SMILES string of the molecule is [O-][S+](N1CCOCS1)N1CCOCS1. The van der Waals surface area contributed by atoms with E-state index in [9.17, 15) is 4.55 Å². The molecule has 0 saturated carbocycles. The predicted molar refractivity (Wildman–Crippen MR) is 58.4 cm³/mol. The molecule has 0 bridgehead atoms. The molecule has 14 heavy (non-hydrogen) atoms. The Morgan fingerprint density at radius 1 is 1.00 bits per heavy atom. The van der Waals surface area contributed by atoms with E-state index in [4.69, 9.17) is 9.47 Å². The number of rotatable bonds is 2. The van der Waals surface area contributed by atoms with Crippen molar-refractivity contribution in [2.75, 3.05) is 38.2 Å². The normalized spacial score (nSPS) is 27.0. The van der Waals surface area contributed by atoms with Crippen LogP contribution in [0.2, 0.25) is 0 Å². The molecule has 2 rings (SSSR count). The molecule has 0 aromatic heterocycles. The summed E-state index contributed by atoms with van der Waals surface area (Å²) >= 11 is 1.90. The van der Waals surface area contributed by atoms with E-state index in [1.165, 1.54) is 23.9 Å². The summed E-state index contributed by atoms with van der Waals surface area (Å²) in [6.45, 7) is 2.76. The molecule has 0 aliphatic carbocycles. The lowest BCUT2D eigenvalue weighted by atomic mass is 10.7. The van der Waals surface area contributed by atoms with E-state index < -0.39 is 11.5 Å². The van der Waals surface area contributed by atoms with Crippen LogP contribution in [-0.2, 0) is 21.0 Å². The maximum absolute atomic E-state index is 12.0. The summed E-state index contributed by atoms with van der Waals surface area (Å²) in [5.41, 5.74) is 0. The van der Waals surface area contributed by atoms with Gasteiger partial charge in [-0.2, -0.15) is 0 Å². The van der Waals surface area contributed by atoms with Crippen LogP contribution >= 0.6 is 23.9 Å². The van der Waals surface area contributed by atoms with Gasteiger partial charge in [-0.05, 0) is 7.42 Å². The number of hydrogen-bond acceptors (Lipinski definition) is 7. The molecule has 2 aliphatic heterocycles. The maximum atomic E-state index is 12.0. The van der Waals surface area contributed by atoms with Gasteiger partial charge in [-0.3, -0.25) is 0 Å². The van der Waals surface area contributed by atoms with Gasteiger partial charge in [-0.15, -0.1) is 0 Å². The molecular weight excluding hydrogens is 244 g/mol. The Hall–Kier alpha value is 0.850. The smallest absolute Gasteiger partial charge is 0.162 e. The molecule has 0 radical (unpaired) electrons. The van der Waals surface area contributed by atoms with Crippen molar-refractivity contribution in [2.24, 2.45) is 0 Å². The van der Waals surface area contributed by atoms with E-state index >= 15 is 0 Å². The molecule has 8 heteroatoms. The van der Waals surface area contributed by atoms with Gasteiger partial charge in [0.05, 0.1) is 26.3 Å². The minimum Gasteiger partial charge on any atom is -0.577 e. The van der Waals surface area contributed by atoms with Crippen molar-refractivity contribution in [1.82, 2.24) is 7.42 Å². The molecular formula is C6H12N2O3S3. The second-order valence-corrected chi connectivity index (χ2v) is 6.33. The van der Waals surface area contributed by atoms with Crippen LogP contribution in [-0.4, -0.2) is 50.2 Å². The average molecular weight is 256 g/mol.